The molecule has 152 valence electrons. The first-order valence-corrected chi connectivity index (χ1v) is 10.3. The molecule has 0 saturated heterocycles. The second kappa shape index (κ2) is 9.09. The third kappa shape index (κ3) is 4.95. The highest BCUT2D eigenvalue weighted by molar-refractivity contribution is 7.99. The zero-order valence-corrected chi connectivity index (χ0v) is 17.5. The Morgan fingerprint density at radius 2 is 1.97 bits per heavy atom. The van der Waals surface area contributed by atoms with E-state index in [4.69, 9.17) is 5.84 Å². The van der Waals surface area contributed by atoms with Gasteiger partial charge in [-0.3, -0.25) is 4.79 Å². The Morgan fingerprint density at radius 3 is 2.69 bits per heavy atom. The quantitative estimate of drug-likeness (QED) is 0.453. The molecule has 3 N–H and O–H groups in total. The molecule has 3 aromatic rings. The van der Waals surface area contributed by atoms with E-state index in [1.807, 2.05) is 25.1 Å². The van der Waals surface area contributed by atoms with Gasteiger partial charge in [-0.2, -0.15) is 0 Å². The largest absolute Gasteiger partial charge is 0.336 e. The van der Waals surface area contributed by atoms with Gasteiger partial charge in [0, 0.05) is 12.1 Å². The van der Waals surface area contributed by atoms with Crippen molar-refractivity contribution in [3.63, 3.8) is 0 Å². The summed E-state index contributed by atoms with van der Waals surface area (Å²) in [5.74, 6) is 6.45. The highest BCUT2D eigenvalue weighted by atomic mass is 32.2. The number of thioether (sulfide) groups is 1. The number of carbonyl (C=O) groups excluding carboxylic acids is 1. The first kappa shape index (κ1) is 20.9. The molecule has 0 bridgehead atoms. The maximum Gasteiger partial charge on any atom is 0.234 e. The lowest BCUT2D eigenvalue weighted by Crippen LogP contribution is -2.18. The van der Waals surface area contributed by atoms with Crippen LogP contribution < -0.4 is 11.2 Å². The van der Waals surface area contributed by atoms with Crippen LogP contribution in [0, 0.1) is 12.7 Å². The van der Waals surface area contributed by atoms with E-state index in [1.165, 1.54) is 22.5 Å². The number of hydrogen-bond donors (Lipinski definition) is 2. The van der Waals surface area contributed by atoms with Crippen LogP contribution in [0.25, 0.3) is 0 Å². The van der Waals surface area contributed by atoms with Gasteiger partial charge in [0.25, 0.3) is 0 Å². The number of amides is 1. The van der Waals surface area contributed by atoms with E-state index in [0.717, 1.165) is 16.8 Å². The lowest BCUT2D eigenvalue weighted by Gasteiger charge is -2.16. The third-order valence-corrected chi connectivity index (χ3v) is 5.51. The standard InChI is InChI=1S/C21H24FN5OS/c1-13(2)16-9-6-7-14(3)20(16)24-19(28)12-29-21-26-25-18(27(21)23)11-15-8-4-5-10-17(15)22/h4-10,13H,11-12,23H2,1-3H3,(H,24,28). The first-order valence-electron chi connectivity index (χ1n) is 9.31. The predicted molar refractivity (Wildman–Crippen MR) is 114 cm³/mol. The van der Waals surface area contributed by atoms with Crippen molar-refractivity contribution in [1.29, 1.82) is 0 Å². The van der Waals surface area contributed by atoms with E-state index < -0.39 is 0 Å². The summed E-state index contributed by atoms with van der Waals surface area (Å²) in [6.45, 7) is 6.15. The number of rotatable bonds is 7. The van der Waals surface area contributed by atoms with Crippen molar-refractivity contribution in [2.75, 3.05) is 16.9 Å². The van der Waals surface area contributed by atoms with E-state index in [-0.39, 0.29) is 23.9 Å². The van der Waals surface area contributed by atoms with Crippen molar-refractivity contribution in [3.8, 4) is 0 Å². The average Bonchev–Trinajstić information content (AvgIpc) is 3.03. The number of halogens is 1. The molecule has 0 atom stereocenters. The highest BCUT2D eigenvalue weighted by Crippen LogP contribution is 2.28. The van der Waals surface area contributed by atoms with Crippen molar-refractivity contribution < 1.29 is 9.18 Å². The number of nitrogen functional groups attached to an aromatic ring is 1. The number of aromatic nitrogens is 3. The molecule has 1 heterocycles. The minimum absolute atomic E-state index is 0.140. The number of hydrogen-bond acceptors (Lipinski definition) is 5. The Hall–Kier alpha value is -2.87. The second-order valence-corrected chi connectivity index (χ2v) is 8.01. The fourth-order valence-electron chi connectivity index (χ4n) is 2.99. The van der Waals surface area contributed by atoms with E-state index in [0.29, 0.717) is 22.5 Å². The highest BCUT2D eigenvalue weighted by Gasteiger charge is 2.16. The molecule has 0 spiro atoms. The van der Waals surface area contributed by atoms with Crippen LogP contribution in [0.2, 0.25) is 0 Å². The Bertz CT molecular complexity index is 1020. The van der Waals surface area contributed by atoms with Gasteiger partial charge in [-0.1, -0.05) is 62.0 Å². The topological polar surface area (TPSA) is 85.8 Å². The minimum atomic E-state index is -0.316. The van der Waals surface area contributed by atoms with Gasteiger partial charge < -0.3 is 11.2 Å². The van der Waals surface area contributed by atoms with Gasteiger partial charge in [-0.15, -0.1) is 10.2 Å². The molecule has 0 aliphatic rings. The van der Waals surface area contributed by atoms with E-state index >= 15 is 0 Å². The Labute approximate surface area is 173 Å². The summed E-state index contributed by atoms with van der Waals surface area (Å²) >= 11 is 1.19. The number of nitrogens with two attached hydrogens (primary N) is 1. The molecular weight excluding hydrogens is 389 g/mol. The van der Waals surface area contributed by atoms with Crippen LogP contribution in [0.15, 0.2) is 47.6 Å². The summed E-state index contributed by atoms with van der Waals surface area (Å²) in [5, 5.41) is 11.5. The van der Waals surface area contributed by atoms with Crippen LogP contribution in [0.1, 0.15) is 42.3 Å². The Kier molecular flexibility index (Phi) is 6.53. The van der Waals surface area contributed by atoms with Gasteiger partial charge in [-0.05, 0) is 35.6 Å². The summed E-state index contributed by atoms with van der Waals surface area (Å²) in [7, 11) is 0. The van der Waals surface area contributed by atoms with E-state index in [1.54, 1.807) is 18.2 Å². The van der Waals surface area contributed by atoms with E-state index in [9.17, 15) is 9.18 Å². The summed E-state index contributed by atoms with van der Waals surface area (Å²) in [6, 6.07) is 12.4. The third-order valence-electron chi connectivity index (χ3n) is 4.57. The lowest BCUT2D eigenvalue weighted by molar-refractivity contribution is -0.113. The van der Waals surface area contributed by atoms with Gasteiger partial charge >= 0.3 is 0 Å². The second-order valence-electron chi connectivity index (χ2n) is 7.07. The molecule has 0 aliphatic heterocycles. The molecule has 0 unspecified atom stereocenters. The van der Waals surface area contributed by atoms with Gasteiger partial charge in [0.1, 0.15) is 5.82 Å². The number of carbonyl (C=O) groups is 1. The summed E-state index contributed by atoms with van der Waals surface area (Å²) in [6.07, 6.45) is 0.226. The molecule has 0 radical (unpaired) electrons. The van der Waals surface area contributed by atoms with Crippen LogP contribution in [-0.4, -0.2) is 26.5 Å². The molecule has 2 aromatic carbocycles. The molecule has 29 heavy (non-hydrogen) atoms. The molecule has 8 heteroatoms. The smallest absolute Gasteiger partial charge is 0.234 e. The molecule has 0 saturated carbocycles. The fraction of sp³-hybridized carbons (Fsp3) is 0.286. The Balaban J connectivity index is 1.65. The lowest BCUT2D eigenvalue weighted by atomic mass is 9.98. The number of para-hydroxylation sites is 1. The number of aryl methyl sites for hydroxylation is 1. The molecule has 0 aliphatic carbocycles. The van der Waals surface area contributed by atoms with Crippen LogP contribution >= 0.6 is 11.8 Å². The van der Waals surface area contributed by atoms with Crippen molar-refractivity contribution in [1.82, 2.24) is 14.9 Å². The van der Waals surface area contributed by atoms with Gasteiger partial charge in [-0.25, -0.2) is 9.07 Å². The molecule has 3 rings (SSSR count). The summed E-state index contributed by atoms with van der Waals surface area (Å²) in [5.41, 5.74) is 3.45. The number of benzene rings is 2. The van der Waals surface area contributed by atoms with Crippen molar-refractivity contribution in [2.45, 2.75) is 38.3 Å². The molecule has 1 amide bonds. The molecule has 0 fully saturated rings. The first-order chi connectivity index (χ1) is 13.9. The van der Waals surface area contributed by atoms with Gasteiger partial charge in [0.05, 0.1) is 5.75 Å². The maximum atomic E-state index is 13.8. The zero-order chi connectivity index (χ0) is 21.0. The number of nitrogens with one attached hydrogen (secondary N) is 1. The van der Waals surface area contributed by atoms with Crippen LogP contribution in [0.3, 0.4) is 0 Å². The minimum Gasteiger partial charge on any atom is -0.336 e. The average molecular weight is 414 g/mol. The summed E-state index contributed by atoms with van der Waals surface area (Å²) < 4.78 is 15.1. The SMILES string of the molecule is Cc1cccc(C(C)C)c1NC(=O)CSc1nnc(Cc2ccccc2F)n1N. The van der Waals surface area contributed by atoms with Crippen LogP contribution in [0.4, 0.5) is 10.1 Å². The normalized spacial score (nSPS) is 11.1. The molecular formula is C21H24FN5OS. The number of anilines is 1. The monoisotopic (exact) mass is 413 g/mol. The van der Waals surface area contributed by atoms with Crippen LogP contribution in [-0.2, 0) is 11.2 Å². The molecule has 6 nitrogen and oxygen atoms in total. The van der Waals surface area contributed by atoms with E-state index in [2.05, 4.69) is 29.4 Å². The van der Waals surface area contributed by atoms with Crippen molar-refractivity contribution in [3.05, 3.63) is 70.8 Å². The maximum absolute atomic E-state index is 13.8. The Morgan fingerprint density at radius 1 is 1.21 bits per heavy atom. The van der Waals surface area contributed by atoms with Crippen molar-refractivity contribution >= 4 is 23.4 Å². The molecule has 1 aromatic heterocycles. The number of nitrogens with zero attached hydrogens (tertiary/aromatic N) is 3. The van der Waals surface area contributed by atoms with Gasteiger partial charge in [0.15, 0.2) is 5.82 Å². The van der Waals surface area contributed by atoms with Crippen LogP contribution in [0.5, 0.6) is 0 Å². The van der Waals surface area contributed by atoms with Crippen molar-refractivity contribution in [2.24, 2.45) is 0 Å². The fourth-order valence-corrected chi connectivity index (χ4v) is 3.66. The zero-order valence-electron chi connectivity index (χ0n) is 16.6. The predicted octanol–water partition coefficient (Wildman–Crippen LogP) is 3.88. The summed E-state index contributed by atoms with van der Waals surface area (Å²) in [4.78, 5) is 12.5. The van der Waals surface area contributed by atoms with Gasteiger partial charge in [0.2, 0.25) is 11.1 Å².